The highest BCUT2D eigenvalue weighted by Gasteiger charge is 2.24. The molecule has 4 amide bonds. The SMILES string of the molecule is CN(Cc1ccccc1)C(=O)NCCC(=O)Nc1ccc(C(=O)NC2CC2)c(Cl)c1. The van der Waals surface area contributed by atoms with Gasteiger partial charge in [-0.3, -0.25) is 9.59 Å². The normalized spacial score (nSPS) is 12.7. The molecule has 7 nitrogen and oxygen atoms in total. The average Bonchev–Trinajstić information content (AvgIpc) is 3.52. The molecule has 0 saturated heterocycles. The highest BCUT2D eigenvalue weighted by molar-refractivity contribution is 6.34. The lowest BCUT2D eigenvalue weighted by atomic mass is 10.2. The summed E-state index contributed by atoms with van der Waals surface area (Å²) in [5, 5.41) is 8.61. The molecular weight excluding hydrogens is 404 g/mol. The Morgan fingerprint density at radius 3 is 2.50 bits per heavy atom. The van der Waals surface area contributed by atoms with Crippen molar-refractivity contribution in [3.8, 4) is 0 Å². The summed E-state index contributed by atoms with van der Waals surface area (Å²) >= 11 is 6.18. The first-order chi connectivity index (χ1) is 14.4. The van der Waals surface area contributed by atoms with Crippen LogP contribution in [0.15, 0.2) is 48.5 Å². The summed E-state index contributed by atoms with van der Waals surface area (Å²) in [6, 6.07) is 14.4. The molecular formula is C22H25ClN4O3. The highest BCUT2D eigenvalue weighted by atomic mass is 35.5. The lowest BCUT2D eigenvalue weighted by molar-refractivity contribution is -0.116. The predicted octanol–water partition coefficient (Wildman–Crippen LogP) is 3.40. The van der Waals surface area contributed by atoms with Gasteiger partial charge in [-0.1, -0.05) is 41.9 Å². The molecule has 0 spiro atoms. The van der Waals surface area contributed by atoms with Crippen LogP contribution in [0, 0.1) is 0 Å². The summed E-state index contributed by atoms with van der Waals surface area (Å²) in [6.45, 7) is 0.692. The number of carbonyl (C=O) groups is 3. The lowest BCUT2D eigenvalue weighted by Gasteiger charge is -2.18. The first kappa shape index (κ1) is 21.6. The van der Waals surface area contributed by atoms with Crippen molar-refractivity contribution in [3.05, 3.63) is 64.7 Å². The fraction of sp³-hybridized carbons (Fsp3) is 0.318. The van der Waals surface area contributed by atoms with Crippen molar-refractivity contribution in [2.24, 2.45) is 0 Å². The summed E-state index contributed by atoms with van der Waals surface area (Å²) in [7, 11) is 1.70. The Morgan fingerprint density at radius 2 is 1.83 bits per heavy atom. The number of hydrogen-bond acceptors (Lipinski definition) is 3. The minimum Gasteiger partial charge on any atom is -0.349 e. The predicted molar refractivity (Wildman–Crippen MR) is 116 cm³/mol. The fourth-order valence-corrected chi connectivity index (χ4v) is 3.10. The van der Waals surface area contributed by atoms with Gasteiger partial charge in [0.2, 0.25) is 5.91 Å². The molecule has 0 aliphatic heterocycles. The van der Waals surface area contributed by atoms with Crippen molar-refractivity contribution in [1.29, 1.82) is 0 Å². The monoisotopic (exact) mass is 428 g/mol. The molecule has 158 valence electrons. The Kier molecular flexibility index (Phi) is 7.30. The first-order valence-electron chi connectivity index (χ1n) is 9.85. The topological polar surface area (TPSA) is 90.5 Å². The molecule has 2 aromatic rings. The number of amides is 4. The molecule has 0 radical (unpaired) electrons. The van der Waals surface area contributed by atoms with E-state index in [1.54, 1.807) is 30.1 Å². The Balaban J connectivity index is 1.41. The van der Waals surface area contributed by atoms with Crippen molar-refractivity contribution < 1.29 is 14.4 Å². The molecule has 0 bridgehead atoms. The minimum atomic E-state index is -0.257. The van der Waals surface area contributed by atoms with Crippen molar-refractivity contribution >= 4 is 35.1 Å². The van der Waals surface area contributed by atoms with Crippen LogP contribution in [-0.4, -0.2) is 42.4 Å². The van der Waals surface area contributed by atoms with Gasteiger partial charge in [0.05, 0.1) is 10.6 Å². The third-order valence-electron chi connectivity index (χ3n) is 4.65. The van der Waals surface area contributed by atoms with Crippen LogP contribution >= 0.6 is 11.6 Å². The quantitative estimate of drug-likeness (QED) is 0.601. The van der Waals surface area contributed by atoms with Crippen LogP contribution in [0.4, 0.5) is 10.5 Å². The third kappa shape index (κ3) is 6.49. The van der Waals surface area contributed by atoms with E-state index in [2.05, 4.69) is 16.0 Å². The van der Waals surface area contributed by atoms with Gasteiger partial charge < -0.3 is 20.9 Å². The smallest absolute Gasteiger partial charge is 0.317 e. The molecule has 3 rings (SSSR count). The van der Waals surface area contributed by atoms with Crippen LogP contribution in [-0.2, 0) is 11.3 Å². The number of nitrogens with one attached hydrogen (secondary N) is 3. The molecule has 3 N–H and O–H groups in total. The second-order valence-electron chi connectivity index (χ2n) is 7.31. The highest BCUT2D eigenvalue weighted by Crippen LogP contribution is 2.24. The van der Waals surface area contributed by atoms with Crippen LogP contribution in [0.1, 0.15) is 35.2 Å². The summed E-state index contributed by atoms with van der Waals surface area (Å²) in [5.41, 5.74) is 1.91. The van der Waals surface area contributed by atoms with E-state index in [1.165, 1.54) is 0 Å². The van der Waals surface area contributed by atoms with Crippen LogP contribution < -0.4 is 16.0 Å². The number of nitrogens with zero attached hydrogens (tertiary/aromatic N) is 1. The number of halogens is 1. The molecule has 30 heavy (non-hydrogen) atoms. The molecule has 8 heteroatoms. The van der Waals surface area contributed by atoms with Gasteiger partial charge in [0.25, 0.3) is 5.91 Å². The van der Waals surface area contributed by atoms with Crippen molar-refractivity contribution in [2.75, 3.05) is 18.9 Å². The summed E-state index contributed by atoms with van der Waals surface area (Å²) in [4.78, 5) is 37.9. The summed E-state index contributed by atoms with van der Waals surface area (Å²) in [6.07, 6.45) is 2.11. The third-order valence-corrected chi connectivity index (χ3v) is 4.96. The molecule has 0 atom stereocenters. The van der Waals surface area contributed by atoms with E-state index in [1.807, 2.05) is 30.3 Å². The molecule has 1 saturated carbocycles. The van der Waals surface area contributed by atoms with Gasteiger partial charge in [-0.15, -0.1) is 0 Å². The van der Waals surface area contributed by atoms with E-state index >= 15 is 0 Å². The molecule has 1 aliphatic rings. The molecule has 1 aliphatic carbocycles. The lowest BCUT2D eigenvalue weighted by Crippen LogP contribution is -2.38. The molecule has 0 unspecified atom stereocenters. The summed E-state index contributed by atoms with van der Waals surface area (Å²) in [5.74, 6) is -0.463. The molecule has 1 fully saturated rings. The van der Waals surface area contributed by atoms with Crippen LogP contribution in [0.2, 0.25) is 5.02 Å². The zero-order valence-corrected chi connectivity index (χ0v) is 17.5. The molecule has 2 aromatic carbocycles. The summed E-state index contributed by atoms with van der Waals surface area (Å²) < 4.78 is 0. The van der Waals surface area contributed by atoms with Crippen molar-refractivity contribution in [2.45, 2.75) is 31.8 Å². The van der Waals surface area contributed by atoms with Gasteiger partial charge in [0, 0.05) is 38.3 Å². The van der Waals surface area contributed by atoms with Crippen molar-refractivity contribution in [3.63, 3.8) is 0 Å². The second-order valence-corrected chi connectivity index (χ2v) is 7.72. The number of rotatable bonds is 8. The van der Waals surface area contributed by atoms with E-state index in [4.69, 9.17) is 11.6 Å². The Labute approximate surface area is 180 Å². The van der Waals surface area contributed by atoms with E-state index in [0.717, 1.165) is 18.4 Å². The maximum atomic E-state index is 12.1. The number of hydrogen-bond donors (Lipinski definition) is 3. The van der Waals surface area contributed by atoms with Crippen LogP contribution in [0.25, 0.3) is 0 Å². The molecule has 0 aromatic heterocycles. The standard InChI is InChI=1S/C22H25ClN4O3/c1-27(14-15-5-3-2-4-6-15)22(30)24-12-11-20(28)25-17-9-10-18(19(23)13-17)21(29)26-16-7-8-16/h2-6,9-10,13,16H,7-8,11-12,14H2,1H3,(H,24,30)(H,25,28)(H,26,29). The Hall–Kier alpha value is -3.06. The van der Waals surface area contributed by atoms with E-state index < -0.39 is 0 Å². The van der Waals surface area contributed by atoms with E-state index in [0.29, 0.717) is 17.8 Å². The fourth-order valence-electron chi connectivity index (χ4n) is 2.84. The van der Waals surface area contributed by atoms with Gasteiger partial charge in [0.1, 0.15) is 0 Å². The molecule has 0 heterocycles. The number of urea groups is 1. The van der Waals surface area contributed by atoms with Gasteiger partial charge in [0.15, 0.2) is 0 Å². The number of carbonyl (C=O) groups excluding carboxylic acids is 3. The largest absolute Gasteiger partial charge is 0.349 e. The zero-order chi connectivity index (χ0) is 21.5. The van der Waals surface area contributed by atoms with E-state index in [-0.39, 0.29) is 41.9 Å². The Morgan fingerprint density at radius 1 is 1.10 bits per heavy atom. The Bertz CT molecular complexity index is 916. The van der Waals surface area contributed by atoms with Gasteiger partial charge >= 0.3 is 6.03 Å². The van der Waals surface area contributed by atoms with Gasteiger partial charge in [-0.05, 0) is 36.6 Å². The van der Waals surface area contributed by atoms with Gasteiger partial charge in [-0.2, -0.15) is 0 Å². The maximum Gasteiger partial charge on any atom is 0.317 e. The average molecular weight is 429 g/mol. The second kappa shape index (κ2) is 10.1. The minimum absolute atomic E-state index is 0.118. The van der Waals surface area contributed by atoms with Crippen molar-refractivity contribution in [1.82, 2.24) is 15.5 Å². The van der Waals surface area contributed by atoms with Gasteiger partial charge in [-0.25, -0.2) is 4.79 Å². The number of anilines is 1. The van der Waals surface area contributed by atoms with Crippen LogP contribution in [0.3, 0.4) is 0 Å². The maximum absolute atomic E-state index is 12.1. The van der Waals surface area contributed by atoms with Crippen LogP contribution in [0.5, 0.6) is 0 Å². The number of benzene rings is 2. The first-order valence-corrected chi connectivity index (χ1v) is 10.2. The van der Waals surface area contributed by atoms with E-state index in [9.17, 15) is 14.4 Å². The zero-order valence-electron chi connectivity index (χ0n) is 16.8.